The van der Waals surface area contributed by atoms with Gasteiger partial charge in [-0.05, 0) is 38.4 Å². The number of likely N-dealkylation sites (tertiary alicyclic amines) is 2. The van der Waals surface area contributed by atoms with Gasteiger partial charge in [0.05, 0.1) is 37.7 Å². The number of methoxy groups -OCH3 is 2. The fourth-order valence-electron chi connectivity index (χ4n) is 5.68. The van der Waals surface area contributed by atoms with Crippen molar-refractivity contribution in [1.82, 2.24) is 19.8 Å². The number of ether oxygens (including phenoxy) is 2. The molecule has 2 fully saturated rings. The van der Waals surface area contributed by atoms with Gasteiger partial charge in [-0.3, -0.25) is 29.3 Å². The van der Waals surface area contributed by atoms with Crippen LogP contribution in [0.2, 0.25) is 0 Å². The predicted octanol–water partition coefficient (Wildman–Crippen LogP) is 2.56. The highest BCUT2D eigenvalue weighted by Gasteiger charge is 2.75. The van der Waals surface area contributed by atoms with E-state index in [1.807, 2.05) is 4.90 Å². The van der Waals surface area contributed by atoms with E-state index in [0.29, 0.717) is 11.4 Å². The van der Waals surface area contributed by atoms with Crippen molar-refractivity contribution in [3.05, 3.63) is 57.0 Å². The second-order valence-corrected chi connectivity index (χ2v) is 10.5. The van der Waals surface area contributed by atoms with E-state index in [1.165, 1.54) is 14.2 Å². The summed E-state index contributed by atoms with van der Waals surface area (Å²) in [5.74, 6) is -2.00. The van der Waals surface area contributed by atoms with Crippen LogP contribution in [0.15, 0.2) is 45.6 Å². The summed E-state index contributed by atoms with van der Waals surface area (Å²) in [5.41, 5.74) is -2.46. The van der Waals surface area contributed by atoms with E-state index in [2.05, 4.69) is 41.8 Å². The molecule has 34 heavy (non-hydrogen) atoms. The maximum Gasteiger partial charge on any atom is 0.322 e. The number of rotatable bonds is 4. The summed E-state index contributed by atoms with van der Waals surface area (Å²) >= 11 is 6.93. The molecule has 4 atom stereocenters. The number of hydrogen-bond donors (Lipinski definition) is 0. The van der Waals surface area contributed by atoms with Gasteiger partial charge >= 0.3 is 11.9 Å². The summed E-state index contributed by atoms with van der Waals surface area (Å²) in [7, 11) is 6.02. The lowest BCUT2D eigenvalue weighted by molar-refractivity contribution is -0.202. The number of Topliss-reactive ketones (excluding diaryl/α,β-unsaturated/α-hetero) is 1. The quantitative estimate of drug-likeness (QED) is 0.390. The molecule has 2 bridgehead atoms. The number of carbonyl (C=O) groups excluding carboxylic acids is 3. The van der Waals surface area contributed by atoms with Crippen LogP contribution < -0.4 is 0 Å². The number of hydrogen-bond acceptors (Lipinski definition) is 9. The van der Waals surface area contributed by atoms with Gasteiger partial charge in [0.2, 0.25) is 0 Å². The molecule has 0 aliphatic carbocycles. The van der Waals surface area contributed by atoms with E-state index < -0.39 is 40.6 Å². The third-order valence-corrected chi connectivity index (χ3v) is 7.73. The topological polar surface area (TPSA) is 102 Å². The molecule has 2 aliphatic heterocycles. The van der Waals surface area contributed by atoms with E-state index in [-0.39, 0.29) is 13.1 Å². The van der Waals surface area contributed by atoms with Crippen LogP contribution in [0, 0.1) is 10.8 Å². The number of aromatic nitrogens is 2. The minimum Gasteiger partial charge on any atom is -0.468 e. The van der Waals surface area contributed by atoms with Gasteiger partial charge in [0, 0.05) is 34.4 Å². The Labute approximate surface area is 214 Å². The first-order valence-electron chi connectivity index (χ1n) is 10.5. The van der Waals surface area contributed by atoms with Gasteiger partial charge in [-0.15, -0.1) is 0 Å². The van der Waals surface area contributed by atoms with Gasteiger partial charge in [0.15, 0.2) is 16.6 Å². The first-order chi connectivity index (χ1) is 16.1. The molecule has 9 nitrogen and oxygen atoms in total. The van der Waals surface area contributed by atoms with Gasteiger partial charge in [-0.25, -0.2) is 0 Å². The van der Waals surface area contributed by atoms with E-state index in [1.54, 1.807) is 55.7 Å². The first kappa shape index (κ1) is 24.9. The zero-order chi connectivity index (χ0) is 24.8. The van der Waals surface area contributed by atoms with Crippen molar-refractivity contribution >= 4 is 49.6 Å². The second-order valence-electron chi connectivity index (χ2n) is 8.70. The Bertz CT molecular complexity index is 1080. The highest BCUT2D eigenvalue weighted by atomic mass is 79.9. The van der Waals surface area contributed by atoms with Crippen molar-refractivity contribution in [2.75, 3.05) is 41.4 Å². The number of piperidine rings is 2. The van der Waals surface area contributed by atoms with Gasteiger partial charge in [-0.1, -0.05) is 31.9 Å². The predicted molar refractivity (Wildman–Crippen MR) is 129 cm³/mol. The smallest absolute Gasteiger partial charge is 0.322 e. The molecule has 2 saturated heterocycles. The number of pyridine rings is 2. The van der Waals surface area contributed by atoms with Crippen molar-refractivity contribution in [2.45, 2.75) is 12.1 Å². The van der Waals surface area contributed by atoms with Gasteiger partial charge in [-0.2, -0.15) is 0 Å². The van der Waals surface area contributed by atoms with Crippen molar-refractivity contribution in [1.29, 1.82) is 0 Å². The number of nitrogens with zero attached hydrogens (tertiary/aromatic N) is 4. The highest BCUT2D eigenvalue weighted by molar-refractivity contribution is 9.10. The third kappa shape index (κ3) is 3.52. The van der Waals surface area contributed by atoms with Crippen molar-refractivity contribution in [2.24, 2.45) is 10.8 Å². The Morgan fingerprint density at radius 1 is 0.912 bits per heavy atom. The van der Waals surface area contributed by atoms with Crippen LogP contribution in [0.5, 0.6) is 0 Å². The van der Waals surface area contributed by atoms with Gasteiger partial charge in [0.1, 0.15) is 0 Å². The molecule has 4 heterocycles. The molecule has 0 unspecified atom stereocenters. The molecular weight excluding hydrogens is 572 g/mol. The molecule has 0 saturated carbocycles. The van der Waals surface area contributed by atoms with Gasteiger partial charge in [0.25, 0.3) is 0 Å². The average molecular weight is 596 g/mol. The summed E-state index contributed by atoms with van der Waals surface area (Å²) in [6, 6.07) is 5.39. The molecular formula is C23H24Br2N4O5. The third-order valence-electron chi connectivity index (χ3n) is 6.74. The molecule has 0 spiro atoms. The number of esters is 2. The Morgan fingerprint density at radius 2 is 1.32 bits per heavy atom. The normalized spacial score (nSPS) is 29.5. The van der Waals surface area contributed by atoms with E-state index in [4.69, 9.17) is 9.47 Å². The number of halogens is 2. The molecule has 2 aromatic heterocycles. The fourth-order valence-corrected chi connectivity index (χ4v) is 6.39. The van der Waals surface area contributed by atoms with E-state index in [0.717, 1.165) is 8.95 Å². The van der Waals surface area contributed by atoms with Crippen molar-refractivity contribution < 1.29 is 23.9 Å². The second kappa shape index (κ2) is 9.10. The summed E-state index contributed by atoms with van der Waals surface area (Å²) in [6.07, 6.45) is 3.20. The van der Waals surface area contributed by atoms with E-state index in [9.17, 15) is 14.4 Å². The SMILES string of the molecule is COC(=O)[C@@]12CN(C)C[C@@](C(=O)OC)(C1=O)[C@@H](c1cc(Br)ccn1)N(C)[C@@H]2c1cc(Br)ccn1. The molecule has 2 aliphatic rings. The standard InChI is InChI=1S/C23H24Br2N4O5/c1-28-11-22(20(31)33-3)17(15-9-13(24)5-7-26-15)29(2)18(16-10-14(25)6-8-27-16)23(12-28,19(22)30)21(32)34-4/h5-10,17-18H,11-12H2,1-4H3/t17-,18-,22-,23+/m1/s1. The fraction of sp³-hybridized carbons (Fsp3) is 0.435. The van der Waals surface area contributed by atoms with Crippen LogP contribution in [0.3, 0.4) is 0 Å². The number of fused-ring (bicyclic) bond motifs is 2. The molecule has 11 heteroatoms. The minimum atomic E-state index is -1.72. The lowest BCUT2D eigenvalue weighted by atomic mass is 9.54. The first-order valence-corrected chi connectivity index (χ1v) is 12.1. The minimum absolute atomic E-state index is 0.0546. The lowest BCUT2D eigenvalue weighted by Crippen LogP contribution is -2.75. The zero-order valence-corrected chi connectivity index (χ0v) is 22.3. The maximum atomic E-state index is 14.5. The summed E-state index contributed by atoms with van der Waals surface area (Å²) < 4.78 is 11.9. The summed E-state index contributed by atoms with van der Waals surface area (Å²) in [5, 5.41) is 0. The van der Waals surface area contributed by atoms with Crippen LogP contribution in [-0.4, -0.2) is 78.9 Å². The van der Waals surface area contributed by atoms with Crippen molar-refractivity contribution in [3.8, 4) is 0 Å². The number of ketones is 1. The van der Waals surface area contributed by atoms with Crippen LogP contribution in [0.1, 0.15) is 23.5 Å². The Balaban J connectivity index is 2.09. The Hall–Kier alpha value is -2.21. The molecule has 0 amide bonds. The zero-order valence-electron chi connectivity index (χ0n) is 19.1. The van der Waals surface area contributed by atoms with Crippen LogP contribution in [-0.2, 0) is 23.9 Å². The largest absolute Gasteiger partial charge is 0.468 e. The molecule has 2 aromatic rings. The molecule has 0 aromatic carbocycles. The summed E-state index contributed by atoms with van der Waals surface area (Å²) in [4.78, 5) is 54.2. The number of carbonyl (C=O) groups is 3. The average Bonchev–Trinajstić information content (AvgIpc) is 2.80. The van der Waals surface area contributed by atoms with Gasteiger partial charge < -0.3 is 14.4 Å². The lowest BCUT2D eigenvalue weighted by Gasteiger charge is -2.60. The molecule has 0 radical (unpaired) electrons. The Kier molecular flexibility index (Phi) is 6.67. The maximum absolute atomic E-state index is 14.5. The molecule has 4 rings (SSSR count). The van der Waals surface area contributed by atoms with E-state index >= 15 is 0 Å². The van der Waals surface area contributed by atoms with Crippen molar-refractivity contribution in [3.63, 3.8) is 0 Å². The Morgan fingerprint density at radius 3 is 1.68 bits per heavy atom. The van der Waals surface area contributed by atoms with Crippen LogP contribution in [0.25, 0.3) is 0 Å². The monoisotopic (exact) mass is 594 g/mol. The van der Waals surface area contributed by atoms with Crippen LogP contribution in [0.4, 0.5) is 0 Å². The highest BCUT2D eigenvalue weighted by Crippen LogP contribution is 2.60. The molecule has 0 N–H and O–H groups in total. The summed E-state index contributed by atoms with van der Waals surface area (Å²) in [6.45, 7) is 0.109. The van der Waals surface area contributed by atoms with Crippen LogP contribution >= 0.6 is 31.9 Å². The molecule has 180 valence electrons.